The molecule has 0 fully saturated rings. The molecule has 1 amide bonds. The van der Waals surface area contributed by atoms with E-state index in [4.69, 9.17) is 13.9 Å². The maximum atomic E-state index is 12.7. The molecule has 0 unspecified atom stereocenters. The van der Waals surface area contributed by atoms with Gasteiger partial charge in [-0.15, -0.1) is 0 Å². The van der Waals surface area contributed by atoms with E-state index in [2.05, 4.69) is 20.4 Å². The number of carbonyl (C=O) groups is 1. The van der Waals surface area contributed by atoms with Gasteiger partial charge in [-0.2, -0.15) is 5.10 Å². The highest BCUT2D eigenvalue weighted by atomic mass is 16.5. The molecule has 0 atom stereocenters. The van der Waals surface area contributed by atoms with E-state index >= 15 is 0 Å². The Bertz CT molecular complexity index is 1370. The molecule has 0 aliphatic carbocycles. The van der Waals surface area contributed by atoms with Gasteiger partial charge in [0.2, 0.25) is 0 Å². The van der Waals surface area contributed by atoms with Crippen molar-refractivity contribution in [2.24, 2.45) is 0 Å². The number of methoxy groups -OCH3 is 1. The number of hydrogen-bond donors (Lipinski definition) is 1. The molecule has 0 aliphatic heterocycles. The average molecular weight is 491 g/mol. The average Bonchev–Trinajstić information content (AvgIpc) is 3.42. The Morgan fingerprint density at radius 1 is 1.08 bits per heavy atom. The van der Waals surface area contributed by atoms with Crippen LogP contribution in [0.25, 0.3) is 17.4 Å². The molecule has 0 saturated heterocycles. The first-order valence-electron chi connectivity index (χ1n) is 11.5. The van der Waals surface area contributed by atoms with Crippen LogP contribution >= 0.6 is 0 Å². The molecular weight excluding hydrogens is 460 g/mol. The summed E-state index contributed by atoms with van der Waals surface area (Å²) in [5.74, 6) is 3.24. The number of nitrogens with one attached hydrogen (secondary N) is 1. The fraction of sp³-hybridized carbons (Fsp3) is 0.308. The number of carbonyl (C=O) groups excluding carboxylic acids is 1. The predicted octanol–water partition coefficient (Wildman–Crippen LogP) is 3.94. The van der Waals surface area contributed by atoms with Gasteiger partial charge in [0.25, 0.3) is 5.91 Å². The molecule has 10 heteroatoms. The van der Waals surface area contributed by atoms with Gasteiger partial charge in [-0.3, -0.25) is 4.79 Å². The Morgan fingerprint density at radius 2 is 1.89 bits per heavy atom. The minimum atomic E-state index is -0.370. The number of aromatic nitrogens is 4. The second-order valence-corrected chi connectivity index (χ2v) is 8.73. The van der Waals surface area contributed by atoms with Crippen LogP contribution in [0.5, 0.6) is 11.5 Å². The molecular formula is C26H30N6O4. The van der Waals surface area contributed by atoms with Crippen LogP contribution in [0.4, 0.5) is 5.82 Å². The van der Waals surface area contributed by atoms with Crippen molar-refractivity contribution in [3.63, 3.8) is 0 Å². The summed E-state index contributed by atoms with van der Waals surface area (Å²) in [5.41, 5.74) is 2.78. The molecule has 0 radical (unpaired) electrons. The predicted molar refractivity (Wildman–Crippen MR) is 136 cm³/mol. The number of amides is 1. The van der Waals surface area contributed by atoms with E-state index in [9.17, 15) is 4.79 Å². The molecule has 0 saturated carbocycles. The molecule has 10 nitrogen and oxygen atoms in total. The van der Waals surface area contributed by atoms with E-state index in [-0.39, 0.29) is 12.5 Å². The van der Waals surface area contributed by atoms with Crippen molar-refractivity contribution in [3.8, 4) is 28.9 Å². The first-order chi connectivity index (χ1) is 17.2. The van der Waals surface area contributed by atoms with Gasteiger partial charge in [-0.1, -0.05) is 6.07 Å². The zero-order valence-corrected chi connectivity index (χ0v) is 21.3. The highest BCUT2D eigenvalue weighted by molar-refractivity contribution is 5.91. The molecule has 0 bridgehead atoms. The lowest BCUT2D eigenvalue weighted by atomic mass is 10.2. The summed E-state index contributed by atoms with van der Waals surface area (Å²) in [6.07, 6.45) is 0. The smallest absolute Gasteiger partial charge is 0.263 e. The second-order valence-electron chi connectivity index (χ2n) is 8.73. The van der Waals surface area contributed by atoms with Gasteiger partial charge in [0.05, 0.1) is 12.8 Å². The number of nitrogens with zero attached hydrogens (tertiary/aromatic N) is 5. The number of aryl methyl sites for hydroxylation is 3. The van der Waals surface area contributed by atoms with Crippen LogP contribution < -0.4 is 14.8 Å². The van der Waals surface area contributed by atoms with Crippen molar-refractivity contribution in [3.05, 3.63) is 65.2 Å². The molecule has 1 N–H and O–H groups in total. The van der Waals surface area contributed by atoms with Crippen LogP contribution in [0.3, 0.4) is 0 Å². The number of anilines is 1. The number of benzene rings is 1. The van der Waals surface area contributed by atoms with Crippen molar-refractivity contribution in [1.29, 1.82) is 0 Å². The summed E-state index contributed by atoms with van der Waals surface area (Å²) in [6.45, 7) is 6.21. The summed E-state index contributed by atoms with van der Waals surface area (Å²) in [7, 11) is 5.58. The third-order valence-electron chi connectivity index (χ3n) is 5.28. The second kappa shape index (κ2) is 10.6. The topological polar surface area (TPSA) is 108 Å². The van der Waals surface area contributed by atoms with Gasteiger partial charge < -0.3 is 24.1 Å². The number of ether oxygens (including phenoxy) is 2. The Kier molecular flexibility index (Phi) is 7.35. The van der Waals surface area contributed by atoms with E-state index in [0.29, 0.717) is 34.7 Å². The van der Waals surface area contributed by atoms with E-state index in [1.165, 1.54) is 0 Å². The normalized spacial score (nSPS) is 11.1. The van der Waals surface area contributed by atoms with Gasteiger partial charge in [0.15, 0.2) is 24.0 Å². The Balaban J connectivity index is 1.53. The summed E-state index contributed by atoms with van der Waals surface area (Å²) < 4.78 is 18.6. The first-order valence-corrected chi connectivity index (χ1v) is 11.5. The van der Waals surface area contributed by atoms with Gasteiger partial charge in [-0.05, 0) is 59.1 Å². The molecule has 3 heterocycles. The minimum Gasteiger partial charge on any atom is -0.496 e. The SMILES string of the molecule is COc1cc(OCC(=O)Nc2cc(-n3nc(C)cc3C)nc(-c3ccc(C)o3)n2)ccc1CN(C)C. The summed E-state index contributed by atoms with van der Waals surface area (Å²) in [6, 6.07) is 12.7. The van der Waals surface area contributed by atoms with Crippen LogP contribution in [0.2, 0.25) is 0 Å². The summed E-state index contributed by atoms with van der Waals surface area (Å²) in [4.78, 5) is 23.9. The van der Waals surface area contributed by atoms with E-state index in [1.54, 1.807) is 30.0 Å². The standard InChI is InChI=1S/C26H30N6O4/c1-16-11-17(2)32(30-16)24-13-23(28-26(29-24)21-10-7-18(3)36-21)27-25(33)15-35-20-9-8-19(14-31(4)5)22(12-20)34-6/h7-13H,14-15H2,1-6H3,(H,27,28,29,33). The lowest BCUT2D eigenvalue weighted by Crippen LogP contribution is -2.21. The first kappa shape index (κ1) is 24.9. The van der Waals surface area contributed by atoms with Crippen molar-refractivity contribution in [2.75, 3.05) is 33.1 Å². The largest absolute Gasteiger partial charge is 0.496 e. The molecule has 1 aromatic carbocycles. The molecule has 0 spiro atoms. The van der Waals surface area contributed by atoms with Crippen molar-refractivity contribution >= 4 is 11.7 Å². The number of rotatable bonds is 9. The monoisotopic (exact) mass is 490 g/mol. The molecule has 36 heavy (non-hydrogen) atoms. The lowest BCUT2D eigenvalue weighted by Gasteiger charge is -2.15. The molecule has 188 valence electrons. The summed E-state index contributed by atoms with van der Waals surface area (Å²) in [5, 5.41) is 7.30. The Hall–Kier alpha value is -4.18. The fourth-order valence-electron chi connectivity index (χ4n) is 3.75. The van der Waals surface area contributed by atoms with Crippen molar-refractivity contribution in [2.45, 2.75) is 27.3 Å². The zero-order valence-electron chi connectivity index (χ0n) is 21.3. The minimum absolute atomic E-state index is 0.204. The molecule has 3 aromatic heterocycles. The zero-order chi connectivity index (χ0) is 25.8. The van der Waals surface area contributed by atoms with Gasteiger partial charge in [-0.25, -0.2) is 14.6 Å². The van der Waals surface area contributed by atoms with Crippen LogP contribution in [0.1, 0.15) is 22.7 Å². The lowest BCUT2D eigenvalue weighted by molar-refractivity contribution is -0.118. The van der Waals surface area contributed by atoms with Crippen LogP contribution in [0, 0.1) is 20.8 Å². The maximum absolute atomic E-state index is 12.7. The Labute approximate surface area is 209 Å². The fourth-order valence-corrected chi connectivity index (χ4v) is 3.75. The van der Waals surface area contributed by atoms with Gasteiger partial charge >= 0.3 is 0 Å². The van der Waals surface area contributed by atoms with Crippen LogP contribution in [-0.4, -0.2) is 58.4 Å². The third-order valence-corrected chi connectivity index (χ3v) is 5.28. The molecule has 0 aliphatic rings. The number of hydrogen-bond acceptors (Lipinski definition) is 8. The van der Waals surface area contributed by atoms with E-state index < -0.39 is 0 Å². The van der Waals surface area contributed by atoms with Crippen LogP contribution in [0.15, 0.2) is 46.9 Å². The van der Waals surface area contributed by atoms with Crippen LogP contribution in [-0.2, 0) is 11.3 Å². The summed E-state index contributed by atoms with van der Waals surface area (Å²) >= 11 is 0. The molecule has 4 rings (SSSR count). The Morgan fingerprint density at radius 3 is 2.53 bits per heavy atom. The van der Waals surface area contributed by atoms with Gasteiger partial charge in [0.1, 0.15) is 23.1 Å². The van der Waals surface area contributed by atoms with E-state index in [1.807, 2.05) is 64.0 Å². The number of furan rings is 1. The van der Waals surface area contributed by atoms with Gasteiger partial charge in [0, 0.05) is 29.9 Å². The van der Waals surface area contributed by atoms with Crippen molar-refractivity contribution < 1.29 is 18.7 Å². The quantitative estimate of drug-likeness (QED) is 0.376. The maximum Gasteiger partial charge on any atom is 0.263 e. The highest BCUT2D eigenvalue weighted by Crippen LogP contribution is 2.26. The molecule has 4 aromatic rings. The highest BCUT2D eigenvalue weighted by Gasteiger charge is 2.16. The van der Waals surface area contributed by atoms with Crippen molar-refractivity contribution in [1.82, 2.24) is 24.6 Å². The third kappa shape index (κ3) is 5.89. The van der Waals surface area contributed by atoms with E-state index in [0.717, 1.165) is 29.3 Å².